The van der Waals surface area contributed by atoms with Crippen LogP contribution in [0.4, 0.5) is 0 Å². The minimum atomic E-state index is 0. The molecular weight excluding hydrogens is 433 g/mol. The fraction of sp³-hybridized carbons (Fsp3) is 0.611. The zero-order chi connectivity index (χ0) is 16.9. The number of thioether (sulfide) groups is 1. The maximum Gasteiger partial charge on any atom is 0.191 e. The summed E-state index contributed by atoms with van der Waals surface area (Å²) < 4.78 is 5.73. The van der Waals surface area contributed by atoms with Crippen molar-refractivity contribution in [3.8, 4) is 5.75 Å². The van der Waals surface area contributed by atoms with Gasteiger partial charge < -0.3 is 15.4 Å². The van der Waals surface area contributed by atoms with Crippen molar-refractivity contribution in [2.75, 3.05) is 33.5 Å². The van der Waals surface area contributed by atoms with Crippen molar-refractivity contribution in [1.82, 2.24) is 10.6 Å². The first-order valence-electron chi connectivity index (χ1n) is 8.09. The van der Waals surface area contributed by atoms with E-state index in [4.69, 9.17) is 4.74 Å². The number of hydrogen-bond donors (Lipinski definition) is 2. The lowest BCUT2D eigenvalue weighted by Gasteiger charge is -2.25. The maximum atomic E-state index is 5.54. The highest BCUT2D eigenvalue weighted by atomic mass is 127. The van der Waals surface area contributed by atoms with Gasteiger partial charge in [0.15, 0.2) is 5.96 Å². The number of aliphatic imine (C=N–C) groups is 1. The minimum absolute atomic E-state index is 0. The lowest BCUT2D eigenvalue weighted by molar-refractivity contribution is 0.403. The molecule has 2 N–H and O–H groups in total. The van der Waals surface area contributed by atoms with Crippen LogP contribution in [0.15, 0.2) is 29.3 Å². The Morgan fingerprint density at radius 1 is 1.29 bits per heavy atom. The van der Waals surface area contributed by atoms with E-state index in [2.05, 4.69) is 47.9 Å². The molecule has 2 rings (SSSR count). The Hall–Kier alpha value is -0.630. The van der Waals surface area contributed by atoms with E-state index in [0.717, 1.165) is 24.8 Å². The summed E-state index contributed by atoms with van der Waals surface area (Å²) in [5.41, 5.74) is 1.48. The second-order valence-corrected chi connectivity index (χ2v) is 8.24. The fourth-order valence-corrected chi connectivity index (χ4v) is 2.83. The van der Waals surface area contributed by atoms with Crippen LogP contribution < -0.4 is 15.4 Å². The summed E-state index contributed by atoms with van der Waals surface area (Å²) in [5, 5.41) is 6.92. The lowest BCUT2D eigenvalue weighted by Crippen LogP contribution is -2.45. The molecule has 1 aliphatic rings. The second-order valence-electron chi connectivity index (χ2n) is 6.72. The molecule has 1 aromatic rings. The molecule has 0 atom stereocenters. The largest absolute Gasteiger partial charge is 0.496 e. The van der Waals surface area contributed by atoms with E-state index in [1.165, 1.54) is 18.4 Å². The van der Waals surface area contributed by atoms with Crippen molar-refractivity contribution in [3.05, 3.63) is 29.8 Å². The smallest absolute Gasteiger partial charge is 0.191 e. The number of halogens is 1. The molecular formula is C18H30IN3OS. The van der Waals surface area contributed by atoms with Crippen molar-refractivity contribution in [2.24, 2.45) is 4.99 Å². The second kappa shape index (κ2) is 9.17. The van der Waals surface area contributed by atoms with Crippen LogP contribution in [0.1, 0.15) is 32.3 Å². The van der Waals surface area contributed by atoms with Crippen LogP contribution in [0, 0.1) is 0 Å². The minimum Gasteiger partial charge on any atom is -0.496 e. The van der Waals surface area contributed by atoms with E-state index in [1.807, 2.05) is 30.9 Å². The number of nitrogens with one attached hydrogen (secondary N) is 2. The molecule has 0 radical (unpaired) electrons. The Morgan fingerprint density at radius 3 is 2.50 bits per heavy atom. The molecule has 0 unspecified atom stereocenters. The molecule has 1 aromatic carbocycles. The van der Waals surface area contributed by atoms with Gasteiger partial charge in [-0.25, -0.2) is 0 Å². The Balaban J connectivity index is 0.00000288. The van der Waals surface area contributed by atoms with Gasteiger partial charge in [0.1, 0.15) is 5.75 Å². The molecule has 0 amide bonds. The van der Waals surface area contributed by atoms with Gasteiger partial charge in [-0.05, 0) is 39.0 Å². The fourth-order valence-electron chi connectivity index (χ4n) is 2.62. The van der Waals surface area contributed by atoms with Crippen molar-refractivity contribution in [3.63, 3.8) is 0 Å². The van der Waals surface area contributed by atoms with E-state index in [0.29, 0.717) is 0 Å². The zero-order valence-electron chi connectivity index (χ0n) is 15.3. The summed E-state index contributed by atoms with van der Waals surface area (Å²) in [5.74, 6) is 1.85. The number of guanidine groups is 1. The SMILES string of the molecule is CN=C(NCC(C)(C)SC)NCC1(c2ccccc2OC)CC1.I. The van der Waals surface area contributed by atoms with Crippen LogP contribution in [0.2, 0.25) is 0 Å². The molecule has 0 saturated heterocycles. The highest BCUT2D eigenvalue weighted by Gasteiger charge is 2.46. The van der Waals surface area contributed by atoms with E-state index in [9.17, 15) is 0 Å². The summed E-state index contributed by atoms with van der Waals surface area (Å²) >= 11 is 1.86. The summed E-state index contributed by atoms with van der Waals surface area (Å²) in [7, 11) is 3.57. The van der Waals surface area contributed by atoms with Gasteiger partial charge >= 0.3 is 0 Å². The van der Waals surface area contributed by atoms with Crippen LogP contribution in [-0.2, 0) is 5.41 Å². The summed E-state index contributed by atoms with van der Waals surface area (Å²) in [4.78, 5) is 4.35. The predicted molar refractivity (Wildman–Crippen MR) is 116 cm³/mol. The maximum absolute atomic E-state index is 5.54. The van der Waals surface area contributed by atoms with Gasteiger partial charge in [-0.1, -0.05) is 18.2 Å². The van der Waals surface area contributed by atoms with Gasteiger partial charge in [-0.15, -0.1) is 24.0 Å². The zero-order valence-corrected chi connectivity index (χ0v) is 18.5. The highest BCUT2D eigenvalue weighted by molar-refractivity contribution is 14.0. The number of para-hydroxylation sites is 1. The third kappa shape index (κ3) is 5.44. The van der Waals surface area contributed by atoms with Gasteiger partial charge in [0.05, 0.1) is 7.11 Å². The third-order valence-corrected chi connectivity index (χ3v) is 5.83. The van der Waals surface area contributed by atoms with Gasteiger partial charge in [-0.3, -0.25) is 4.99 Å². The quantitative estimate of drug-likeness (QED) is 0.368. The monoisotopic (exact) mass is 463 g/mol. The van der Waals surface area contributed by atoms with Crippen molar-refractivity contribution in [2.45, 2.75) is 36.9 Å². The van der Waals surface area contributed by atoms with Crippen LogP contribution in [0.5, 0.6) is 5.75 Å². The van der Waals surface area contributed by atoms with E-state index < -0.39 is 0 Å². The van der Waals surface area contributed by atoms with Gasteiger partial charge in [-0.2, -0.15) is 11.8 Å². The molecule has 0 aliphatic heterocycles. The van der Waals surface area contributed by atoms with E-state index >= 15 is 0 Å². The summed E-state index contributed by atoms with van der Waals surface area (Å²) in [6, 6.07) is 8.34. The molecule has 0 aromatic heterocycles. The van der Waals surface area contributed by atoms with E-state index in [1.54, 1.807) is 7.11 Å². The average Bonchev–Trinajstić information content (AvgIpc) is 3.36. The van der Waals surface area contributed by atoms with Crippen LogP contribution in [-0.4, -0.2) is 44.2 Å². The molecule has 6 heteroatoms. The first-order chi connectivity index (χ1) is 11.0. The van der Waals surface area contributed by atoms with E-state index in [-0.39, 0.29) is 34.1 Å². The van der Waals surface area contributed by atoms with Crippen LogP contribution >= 0.6 is 35.7 Å². The number of rotatable bonds is 7. The van der Waals surface area contributed by atoms with Gasteiger partial charge in [0.2, 0.25) is 0 Å². The number of nitrogens with zero attached hydrogens (tertiary/aromatic N) is 1. The average molecular weight is 463 g/mol. The summed E-state index contributed by atoms with van der Waals surface area (Å²) in [6.07, 6.45) is 4.51. The van der Waals surface area contributed by atoms with Crippen molar-refractivity contribution in [1.29, 1.82) is 0 Å². The van der Waals surface area contributed by atoms with Crippen molar-refractivity contribution < 1.29 is 4.74 Å². The molecule has 0 heterocycles. The molecule has 1 fully saturated rings. The van der Waals surface area contributed by atoms with Gasteiger partial charge in [0.25, 0.3) is 0 Å². The number of ether oxygens (including phenoxy) is 1. The summed E-state index contributed by atoms with van der Waals surface area (Å²) in [6.45, 7) is 6.23. The Kier molecular flexibility index (Phi) is 8.19. The topological polar surface area (TPSA) is 45.7 Å². The number of hydrogen-bond acceptors (Lipinski definition) is 3. The van der Waals surface area contributed by atoms with Crippen LogP contribution in [0.25, 0.3) is 0 Å². The molecule has 24 heavy (non-hydrogen) atoms. The van der Waals surface area contributed by atoms with Crippen LogP contribution in [0.3, 0.4) is 0 Å². The van der Waals surface area contributed by atoms with Crippen molar-refractivity contribution >= 4 is 41.7 Å². The first kappa shape index (κ1) is 21.4. The predicted octanol–water partition coefficient (Wildman–Crippen LogP) is 3.65. The Morgan fingerprint density at radius 2 is 1.96 bits per heavy atom. The molecule has 4 nitrogen and oxygen atoms in total. The molecule has 0 bridgehead atoms. The number of methoxy groups -OCH3 is 1. The molecule has 0 spiro atoms. The Bertz CT molecular complexity index is 559. The third-order valence-electron chi connectivity index (χ3n) is 4.58. The standard InChI is InChI=1S/C18H29N3OS.HI/c1-17(2,23-5)12-20-16(19-3)21-13-18(10-11-18)14-8-6-7-9-15(14)22-4;/h6-9H,10-13H2,1-5H3,(H2,19,20,21);1H. The molecule has 1 aliphatic carbocycles. The highest BCUT2D eigenvalue weighted by Crippen LogP contribution is 2.50. The number of benzene rings is 1. The molecule has 1 saturated carbocycles. The molecule has 136 valence electrons. The normalized spacial score (nSPS) is 16.1. The Labute approximate surface area is 167 Å². The first-order valence-corrected chi connectivity index (χ1v) is 9.32. The lowest BCUT2D eigenvalue weighted by atomic mass is 9.95. The van der Waals surface area contributed by atoms with Gasteiger partial charge in [0, 0.05) is 35.9 Å².